The zero-order valence-corrected chi connectivity index (χ0v) is 16.1. The number of amides is 2. The normalized spacial score (nSPS) is 16.6. The Kier molecular flexibility index (Phi) is 7.54. The van der Waals surface area contributed by atoms with Crippen LogP contribution >= 0.6 is 0 Å². The summed E-state index contributed by atoms with van der Waals surface area (Å²) < 4.78 is 0. The van der Waals surface area contributed by atoms with Crippen LogP contribution in [0.1, 0.15) is 50.2 Å². The van der Waals surface area contributed by atoms with Crippen LogP contribution in [-0.4, -0.2) is 40.8 Å². The Morgan fingerprint density at radius 2 is 1.75 bits per heavy atom. The standard InChI is InChI=1S/C20H28N4O4/c1-12(25)23-16(11-13-7-9-15(10-8-13)18(21)22)19(26)24-17(20(27)28)14-5-3-2-4-6-14/h7-10,14,16-17H,2-6,11H2,1H3,(H3,21,22)(H,23,25)(H,24,26)(H,27,28)/p+1. The maximum absolute atomic E-state index is 12.8. The number of hydrogen-bond acceptors (Lipinski definition) is 3. The van der Waals surface area contributed by atoms with Crippen LogP contribution in [0.15, 0.2) is 24.3 Å². The van der Waals surface area contributed by atoms with Gasteiger partial charge in [0.25, 0.3) is 5.84 Å². The first kappa shape index (κ1) is 21.4. The van der Waals surface area contributed by atoms with Crippen LogP contribution in [0.5, 0.6) is 0 Å². The van der Waals surface area contributed by atoms with Gasteiger partial charge in [0.05, 0.1) is 5.56 Å². The molecule has 1 aliphatic carbocycles. The lowest BCUT2D eigenvalue weighted by atomic mass is 9.83. The van der Waals surface area contributed by atoms with Crippen molar-refractivity contribution >= 4 is 23.6 Å². The van der Waals surface area contributed by atoms with Crippen LogP contribution in [0.4, 0.5) is 0 Å². The molecule has 28 heavy (non-hydrogen) atoms. The summed E-state index contributed by atoms with van der Waals surface area (Å²) >= 11 is 0. The lowest BCUT2D eigenvalue weighted by Gasteiger charge is -2.29. The number of carboxylic acids is 1. The van der Waals surface area contributed by atoms with Crippen LogP contribution in [-0.2, 0) is 20.8 Å². The zero-order valence-electron chi connectivity index (χ0n) is 16.1. The number of benzene rings is 1. The average Bonchev–Trinajstić information content (AvgIpc) is 2.66. The summed E-state index contributed by atoms with van der Waals surface area (Å²) in [6, 6.07) is 5.19. The van der Waals surface area contributed by atoms with Crippen molar-refractivity contribution in [2.24, 2.45) is 11.7 Å². The predicted octanol–water partition coefficient (Wildman–Crippen LogP) is -0.652. The second-order valence-electron chi connectivity index (χ2n) is 7.33. The number of rotatable bonds is 8. The lowest BCUT2D eigenvalue weighted by Crippen LogP contribution is -2.54. The van der Waals surface area contributed by atoms with E-state index in [4.69, 9.17) is 11.1 Å². The Morgan fingerprint density at radius 3 is 2.25 bits per heavy atom. The van der Waals surface area contributed by atoms with Crippen LogP contribution in [0.25, 0.3) is 0 Å². The van der Waals surface area contributed by atoms with Crippen molar-refractivity contribution in [2.75, 3.05) is 0 Å². The quantitative estimate of drug-likeness (QED) is 0.296. The maximum atomic E-state index is 12.8. The zero-order chi connectivity index (χ0) is 20.7. The third-order valence-electron chi connectivity index (χ3n) is 5.11. The second-order valence-corrected chi connectivity index (χ2v) is 7.33. The molecule has 0 radical (unpaired) electrons. The third-order valence-corrected chi connectivity index (χ3v) is 5.11. The van der Waals surface area contributed by atoms with Crippen LogP contribution in [0.3, 0.4) is 0 Å². The average molecular weight is 389 g/mol. The summed E-state index contributed by atoms with van der Waals surface area (Å²) in [5.74, 6) is -1.79. The van der Waals surface area contributed by atoms with E-state index < -0.39 is 24.0 Å². The van der Waals surface area contributed by atoms with E-state index in [1.54, 1.807) is 24.3 Å². The second kappa shape index (κ2) is 9.87. The first-order valence-corrected chi connectivity index (χ1v) is 9.55. The molecule has 0 aliphatic heterocycles. The Bertz CT molecular complexity index is 726. The molecular weight excluding hydrogens is 360 g/mol. The molecule has 1 saturated carbocycles. The Labute approximate surface area is 164 Å². The third kappa shape index (κ3) is 6.07. The van der Waals surface area contributed by atoms with Gasteiger partial charge in [-0.2, -0.15) is 0 Å². The number of aliphatic carboxylic acids is 1. The van der Waals surface area contributed by atoms with E-state index in [9.17, 15) is 19.5 Å². The molecule has 0 bridgehead atoms. The molecule has 0 aromatic heterocycles. The van der Waals surface area contributed by atoms with Crippen molar-refractivity contribution in [2.45, 2.75) is 57.5 Å². The molecular formula is C20H29N4O4+. The molecule has 1 aromatic rings. The highest BCUT2D eigenvalue weighted by Gasteiger charge is 2.33. The molecule has 7 N–H and O–H groups in total. The van der Waals surface area contributed by atoms with E-state index in [1.807, 2.05) is 0 Å². The summed E-state index contributed by atoms with van der Waals surface area (Å²) in [6.07, 6.45) is 4.81. The van der Waals surface area contributed by atoms with E-state index in [0.717, 1.165) is 37.7 Å². The first-order valence-electron chi connectivity index (χ1n) is 9.55. The van der Waals surface area contributed by atoms with Gasteiger partial charge in [-0.15, -0.1) is 0 Å². The van der Waals surface area contributed by atoms with Crippen LogP contribution in [0, 0.1) is 5.92 Å². The molecule has 1 aliphatic rings. The highest BCUT2D eigenvalue weighted by atomic mass is 16.4. The minimum absolute atomic E-state index is 0.0875. The van der Waals surface area contributed by atoms with Crippen LogP contribution in [0.2, 0.25) is 0 Å². The fraction of sp³-hybridized carbons (Fsp3) is 0.500. The minimum atomic E-state index is -1.04. The van der Waals surface area contributed by atoms with Gasteiger partial charge in [-0.05, 0) is 36.5 Å². The monoisotopic (exact) mass is 389 g/mol. The molecule has 152 valence electrons. The van der Waals surface area contributed by atoms with Crippen molar-refractivity contribution < 1.29 is 24.9 Å². The Morgan fingerprint density at radius 1 is 1.14 bits per heavy atom. The van der Waals surface area contributed by atoms with E-state index in [0.29, 0.717) is 5.56 Å². The number of carbonyl (C=O) groups is 3. The fourth-order valence-electron chi connectivity index (χ4n) is 3.63. The SMILES string of the molecule is CC(=O)NC(Cc1ccc(C(N)=[NH2+])cc1)C(=O)NC(C(=O)O)C1CCCCC1. The van der Waals surface area contributed by atoms with Gasteiger partial charge in [0, 0.05) is 13.3 Å². The minimum Gasteiger partial charge on any atom is -0.480 e. The summed E-state index contributed by atoms with van der Waals surface area (Å²) in [6.45, 7) is 1.32. The molecule has 2 unspecified atom stereocenters. The van der Waals surface area contributed by atoms with Crippen LogP contribution < -0.4 is 21.8 Å². The van der Waals surface area contributed by atoms with Crippen molar-refractivity contribution in [3.63, 3.8) is 0 Å². The molecule has 1 fully saturated rings. The summed E-state index contributed by atoms with van der Waals surface area (Å²) in [5.41, 5.74) is 7.02. The van der Waals surface area contributed by atoms with Gasteiger partial charge in [0.2, 0.25) is 11.8 Å². The fourth-order valence-corrected chi connectivity index (χ4v) is 3.63. The molecule has 2 rings (SSSR count). The molecule has 2 amide bonds. The Balaban J connectivity index is 2.11. The molecule has 1 aromatic carbocycles. The van der Waals surface area contributed by atoms with E-state index >= 15 is 0 Å². The summed E-state index contributed by atoms with van der Waals surface area (Å²) in [7, 11) is 0. The van der Waals surface area contributed by atoms with Gasteiger partial charge >= 0.3 is 5.97 Å². The Hall–Kier alpha value is -2.90. The van der Waals surface area contributed by atoms with Crippen molar-refractivity contribution in [1.82, 2.24) is 10.6 Å². The van der Waals surface area contributed by atoms with Gasteiger partial charge in [-0.3, -0.25) is 20.7 Å². The predicted molar refractivity (Wildman–Crippen MR) is 104 cm³/mol. The summed E-state index contributed by atoms with van der Waals surface area (Å²) in [5, 5.41) is 20.4. The highest BCUT2D eigenvalue weighted by molar-refractivity contribution is 5.92. The van der Waals surface area contributed by atoms with E-state index in [2.05, 4.69) is 10.6 Å². The molecule has 0 heterocycles. The molecule has 8 nitrogen and oxygen atoms in total. The molecule has 8 heteroatoms. The first-order chi connectivity index (χ1) is 13.3. The smallest absolute Gasteiger partial charge is 0.326 e. The van der Waals surface area contributed by atoms with E-state index in [1.165, 1.54) is 6.92 Å². The number of amidine groups is 1. The molecule has 2 atom stereocenters. The van der Waals surface area contributed by atoms with Gasteiger partial charge in [0.15, 0.2) is 0 Å². The van der Waals surface area contributed by atoms with E-state index in [-0.39, 0.29) is 24.1 Å². The van der Waals surface area contributed by atoms with Gasteiger partial charge in [-0.1, -0.05) is 31.4 Å². The van der Waals surface area contributed by atoms with Crippen molar-refractivity contribution in [1.29, 1.82) is 0 Å². The van der Waals surface area contributed by atoms with Gasteiger partial charge in [0.1, 0.15) is 12.1 Å². The number of nitrogens with one attached hydrogen (secondary N) is 2. The van der Waals surface area contributed by atoms with Crippen molar-refractivity contribution in [3.05, 3.63) is 35.4 Å². The highest BCUT2D eigenvalue weighted by Crippen LogP contribution is 2.26. The van der Waals surface area contributed by atoms with Crippen molar-refractivity contribution in [3.8, 4) is 0 Å². The maximum Gasteiger partial charge on any atom is 0.326 e. The number of carboxylic acid groups (broad SMARTS) is 1. The number of nitrogens with two attached hydrogens (primary N) is 2. The molecule has 0 saturated heterocycles. The largest absolute Gasteiger partial charge is 0.480 e. The summed E-state index contributed by atoms with van der Waals surface area (Å²) in [4.78, 5) is 36.1. The molecule has 0 spiro atoms. The van der Waals surface area contributed by atoms with Gasteiger partial charge < -0.3 is 15.7 Å². The van der Waals surface area contributed by atoms with Gasteiger partial charge in [-0.25, -0.2) is 4.79 Å². The lowest BCUT2D eigenvalue weighted by molar-refractivity contribution is -0.144. The topological polar surface area (TPSA) is 147 Å². The number of hydrogen-bond donors (Lipinski definition) is 5. The number of carbonyl (C=O) groups excluding carboxylic acids is 2.